The third-order valence-corrected chi connectivity index (χ3v) is 6.36. The smallest absolute Gasteiger partial charge is 0.230 e. The number of ether oxygens (including phenoxy) is 1. The summed E-state index contributed by atoms with van der Waals surface area (Å²) in [5, 5.41) is 3.57. The zero-order valence-corrected chi connectivity index (χ0v) is 16.4. The van der Waals surface area contributed by atoms with Crippen LogP contribution in [0.15, 0.2) is 60.9 Å². The molecule has 4 heterocycles. The molecule has 5 rings (SSSR count). The van der Waals surface area contributed by atoms with E-state index in [1.165, 1.54) is 0 Å². The van der Waals surface area contributed by atoms with Gasteiger partial charge in [0.25, 0.3) is 0 Å². The lowest BCUT2D eigenvalue weighted by Crippen LogP contribution is -2.43. The monoisotopic (exact) mass is 409 g/mol. The minimum absolute atomic E-state index is 0.0571. The summed E-state index contributed by atoms with van der Waals surface area (Å²) in [6.45, 7) is 1.21. The van der Waals surface area contributed by atoms with Gasteiger partial charge in [-0.2, -0.15) is 0 Å². The molecule has 0 radical (unpaired) electrons. The summed E-state index contributed by atoms with van der Waals surface area (Å²) in [5.74, 6) is -1.25. The molecule has 1 N–H and O–H groups in total. The van der Waals surface area contributed by atoms with Gasteiger partial charge >= 0.3 is 0 Å². The van der Waals surface area contributed by atoms with Gasteiger partial charge in [0.15, 0.2) is 0 Å². The van der Waals surface area contributed by atoms with Crippen LogP contribution in [-0.4, -0.2) is 39.9 Å². The second kappa shape index (κ2) is 6.97. The molecule has 0 aliphatic carbocycles. The number of amides is 2. The Labute approximate surface area is 173 Å². The van der Waals surface area contributed by atoms with Gasteiger partial charge in [0.1, 0.15) is 5.60 Å². The second-order valence-corrected chi connectivity index (χ2v) is 8.17. The first kappa shape index (κ1) is 18.3. The van der Waals surface area contributed by atoms with Crippen LogP contribution in [0.25, 0.3) is 0 Å². The molecule has 0 saturated carbocycles. The van der Waals surface area contributed by atoms with Crippen molar-refractivity contribution in [2.45, 2.75) is 24.8 Å². The van der Waals surface area contributed by atoms with E-state index >= 15 is 0 Å². The maximum atomic E-state index is 13.3. The molecule has 1 aromatic heterocycles. The molecular formula is C22H20ClN3O3. The van der Waals surface area contributed by atoms with Gasteiger partial charge in [-0.3, -0.25) is 14.6 Å². The highest BCUT2D eigenvalue weighted by atomic mass is 35.5. The fraction of sp³-hybridized carbons (Fsp3) is 0.318. The predicted octanol–water partition coefficient (Wildman–Crippen LogP) is 2.33. The molecule has 1 aromatic carbocycles. The second-order valence-electron chi connectivity index (χ2n) is 7.76. The fourth-order valence-corrected chi connectivity index (χ4v) is 4.85. The molecule has 29 heavy (non-hydrogen) atoms. The lowest BCUT2D eigenvalue weighted by Gasteiger charge is -2.23. The van der Waals surface area contributed by atoms with E-state index in [1.54, 1.807) is 17.3 Å². The van der Waals surface area contributed by atoms with Crippen LogP contribution in [0, 0.1) is 11.8 Å². The molecule has 1 spiro atoms. The molecule has 3 aliphatic rings. The average molecular weight is 410 g/mol. The van der Waals surface area contributed by atoms with E-state index < -0.39 is 17.4 Å². The number of nitrogens with zero attached hydrogens (tertiary/aromatic N) is 2. The minimum Gasteiger partial charge on any atom is -0.360 e. The maximum Gasteiger partial charge on any atom is 0.230 e. The van der Waals surface area contributed by atoms with Gasteiger partial charge in [0.2, 0.25) is 11.8 Å². The van der Waals surface area contributed by atoms with E-state index in [0.717, 1.165) is 11.1 Å². The standard InChI is InChI=1S/C22H20ClN3O3/c23-16-6-2-1-5-15(16)12-26-13-22-8-7-17(29-22)18(19(22)21(26)28)20(27)25-11-14-4-3-9-24-10-14/h1-10,17-19H,11-13H2,(H,25,27)/t17-,18+,19-,22-/m0/s1. The first-order valence-corrected chi connectivity index (χ1v) is 10.0. The molecule has 148 valence electrons. The number of carbonyl (C=O) groups excluding carboxylic acids is 2. The molecular weight excluding hydrogens is 390 g/mol. The normalized spacial score (nSPS) is 29.3. The van der Waals surface area contributed by atoms with Crippen molar-refractivity contribution in [2.24, 2.45) is 11.8 Å². The van der Waals surface area contributed by atoms with E-state index in [0.29, 0.717) is 24.7 Å². The van der Waals surface area contributed by atoms with Crippen LogP contribution >= 0.6 is 11.6 Å². The third kappa shape index (κ3) is 3.03. The van der Waals surface area contributed by atoms with Crippen molar-refractivity contribution in [3.63, 3.8) is 0 Å². The van der Waals surface area contributed by atoms with Crippen molar-refractivity contribution in [3.8, 4) is 0 Å². The number of halogens is 1. The lowest BCUT2D eigenvalue weighted by molar-refractivity contribution is -0.137. The van der Waals surface area contributed by atoms with Crippen molar-refractivity contribution >= 4 is 23.4 Å². The minimum atomic E-state index is -0.723. The molecule has 6 nitrogen and oxygen atoms in total. The fourth-order valence-electron chi connectivity index (χ4n) is 4.65. The molecule has 7 heteroatoms. The van der Waals surface area contributed by atoms with Gasteiger partial charge in [-0.15, -0.1) is 0 Å². The highest BCUT2D eigenvalue weighted by molar-refractivity contribution is 6.31. The summed E-state index contributed by atoms with van der Waals surface area (Å²) >= 11 is 6.27. The van der Waals surface area contributed by atoms with Crippen molar-refractivity contribution < 1.29 is 14.3 Å². The Bertz CT molecular complexity index is 996. The van der Waals surface area contributed by atoms with Crippen LogP contribution in [0.5, 0.6) is 0 Å². The number of likely N-dealkylation sites (tertiary alicyclic amines) is 1. The summed E-state index contributed by atoms with van der Waals surface area (Å²) < 4.78 is 6.16. The predicted molar refractivity (Wildman–Crippen MR) is 107 cm³/mol. The number of aromatic nitrogens is 1. The summed E-state index contributed by atoms with van der Waals surface area (Å²) in [4.78, 5) is 32.0. The topological polar surface area (TPSA) is 71.5 Å². The molecule has 4 atom stereocenters. The van der Waals surface area contributed by atoms with Crippen LogP contribution < -0.4 is 5.32 Å². The summed E-state index contributed by atoms with van der Waals surface area (Å²) in [7, 11) is 0. The van der Waals surface area contributed by atoms with Crippen molar-refractivity contribution in [3.05, 3.63) is 77.1 Å². The van der Waals surface area contributed by atoms with Gasteiger partial charge in [0.05, 0.1) is 24.5 Å². The van der Waals surface area contributed by atoms with E-state index in [9.17, 15) is 9.59 Å². The van der Waals surface area contributed by atoms with Crippen molar-refractivity contribution in [1.29, 1.82) is 0 Å². The Balaban J connectivity index is 1.34. The SMILES string of the molecule is O=C(NCc1cccnc1)[C@@H]1[C@@H]2C=C[C@@]3(CN(Cc4ccccc4Cl)C(=O)[C@H]13)O2. The summed E-state index contributed by atoms with van der Waals surface area (Å²) in [6.07, 6.45) is 6.91. The summed E-state index contributed by atoms with van der Waals surface area (Å²) in [6, 6.07) is 11.2. The largest absolute Gasteiger partial charge is 0.360 e. The number of hydrogen-bond donors (Lipinski definition) is 1. The van der Waals surface area contributed by atoms with Crippen LogP contribution in [0.2, 0.25) is 5.02 Å². The van der Waals surface area contributed by atoms with Gasteiger partial charge in [-0.05, 0) is 23.3 Å². The van der Waals surface area contributed by atoms with Crippen LogP contribution in [0.4, 0.5) is 0 Å². The molecule has 2 fully saturated rings. The number of pyridine rings is 1. The quantitative estimate of drug-likeness (QED) is 0.769. The van der Waals surface area contributed by atoms with E-state index in [4.69, 9.17) is 16.3 Å². The highest BCUT2D eigenvalue weighted by Crippen LogP contribution is 2.52. The zero-order chi connectivity index (χ0) is 20.0. The molecule has 2 aromatic rings. The molecule has 2 saturated heterocycles. The van der Waals surface area contributed by atoms with Gasteiger partial charge in [-0.25, -0.2) is 0 Å². The molecule has 0 unspecified atom stereocenters. The van der Waals surface area contributed by atoms with Gasteiger partial charge in [0, 0.05) is 30.5 Å². The van der Waals surface area contributed by atoms with Crippen LogP contribution in [0.3, 0.4) is 0 Å². The molecule has 3 aliphatic heterocycles. The maximum absolute atomic E-state index is 13.3. The van der Waals surface area contributed by atoms with Crippen LogP contribution in [0.1, 0.15) is 11.1 Å². The lowest BCUT2D eigenvalue weighted by atomic mass is 9.77. The number of nitrogens with one attached hydrogen (secondary N) is 1. The number of rotatable bonds is 5. The van der Waals surface area contributed by atoms with E-state index in [1.807, 2.05) is 48.6 Å². The van der Waals surface area contributed by atoms with E-state index in [2.05, 4.69) is 10.3 Å². The third-order valence-electron chi connectivity index (χ3n) is 5.99. The van der Waals surface area contributed by atoms with Crippen molar-refractivity contribution in [1.82, 2.24) is 15.2 Å². The first-order chi connectivity index (χ1) is 14.1. The van der Waals surface area contributed by atoms with E-state index in [-0.39, 0.29) is 17.9 Å². The molecule has 2 bridgehead atoms. The van der Waals surface area contributed by atoms with Gasteiger partial charge < -0.3 is 15.0 Å². The van der Waals surface area contributed by atoms with Gasteiger partial charge in [-0.1, -0.05) is 48.0 Å². The number of fused-ring (bicyclic) bond motifs is 1. The zero-order valence-electron chi connectivity index (χ0n) is 15.6. The van der Waals surface area contributed by atoms with Crippen LogP contribution in [-0.2, 0) is 27.4 Å². The number of carbonyl (C=O) groups is 2. The molecule has 2 amide bonds. The number of benzene rings is 1. The highest BCUT2D eigenvalue weighted by Gasteiger charge is 2.66. The van der Waals surface area contributed by atoms with Crippen molar-refractivity contribution in [2.75, 3.05) is 6.54 Å². The first-order valence-electron chi connectivity index (χ1n) is 9.63. The Morgan fingerprint density at radius 3 is 2.97 bits per heavy atom. The Hall–Kier alpha value is -2.70. The number of hydrogen-bond acceptors (Lipinski definition) is 4. The Morgan fingerprint density at radius 2 is 2.17 bits per heavy atom. The Kier molecular flexibility index (Phi) is 4.41. The average Bonchev–Trinajstić information content (AvgIpc) is 3.37. The summed E-state index contributed by atoms with van der Waals surface area (Å²) in [5.41, 5.74) is 1.07. The Morgan fingerprint density at radius 1 is 1.31 bits per heavy atom.